The minimum atomic E-state index is -0.0228. The van der Waals surface area contributed by atoms with Crippen LogP contribution in [0, 0.1) is 5.92 Å². The number of benzene rings is 3. The molecule has 0 spiro atoms. The fourth-order valence-corrected chi connectivity index (χ4v) is 5.58. The Balaban J connectivity index is 1.25. The number of hydrogen-bond donors (Lipinski definition) is 0. The van der Waals surface area contributed by atoms with Crippen LogP contribution in [0.2, 0.25) is 5.02 Å². The molecule has 39 heavy (non-hydrogen) atoms. The summed E-state index contributed by atoms with van der Waals surface area (Å²) in [5.74, 6) is 1.95. The van der Waals surface area contributed by atoms with Crippen molar-refractivity contribution >= 4 is 34.7 Å². The maximum atomic E-state index is 13.6. The van der Waals surface area contributed by atoms with Gasteiger partial charge in [-0.1, -0.05) is 66.2 Å². The number of likely N-dealkylation sites (tertiary alicyclic amines) is 1. The summed E-state index contributed by atoms with van der Waals surface area (Å²) in [5.41, 5.74) is 2.98. The van der Waals surface area contributed by atoms with E-state index in [-0.39, 0.29) is 5.56 Å². The average Bonchev–Trinajstić information content (AvgIpc) is 2.98. The molecule has 202 valence electrons. The first-order valence-corrected chi connectivity index (χ1v) is 14.3. The number of piperidine rings is 1. The highest BCUT2D eigenvalue weighted by atomic mass is 35.5. The summed E-state index contributed by atoms with van der Waals surface area (Å²) in [6.45, 7) is 4.09. The smallest absolute Gasteiger partial charge is 0.261 e. The molecule has 5 rings (SSSR count). The van der Waals surface area contributed by atoms with Gasteiger partial charge in [0.1, 0.15) is 17.1 Å². The van der Waals surface area contributed by atoms with E-state index in [4.69, 9.17) is 21.3 Å². The molecule has 5 nitrogen and oxygen atoms in total. The van der Waals surface area contributed by atoms with Crippen molar-refractivity contribution in [3.8, 4) is 5.75 Å². The third-order valence-corrected chi connectivity index (χ3v) is 8.00. The number of fused-ring (bicyclic) bond motifs is 1. The van der Waals surface area contributed by atoms with E-state index in [2.05, 4.69) is 35.2 Å². The van der Waals surface area contributed by atoms with Crippen LogP contribution in [0.4, 0.5) is 0 Å². The fourth-order valence-electron chi connectivity index (χ4n) is 5.46. The van der Waals surface area contributed by atoms with Crippen molar-refractivity contribution in [2.24, 2.45) is 5.92 Å². The Morgan fingerprint density at radius 1 is 0.949 bits per heavy atom. The van der Waals surface area contributed by atoms with Gasteiger partial charge >= 0.3 is 0 Å². The van der Waals surface area contributed by atoms with Gasteiger partial charge in [0.25, 0.3) is 5.56 Å². The zero-order chi connectivity index (χ0) is 27.0. The zero-order valence-electron chi connectivity index (χ0n) is 22.6. The monoisotopic (exact) mass is 541 g/mol. The molecule has 2 heterocycles. The summed E-state index contributed by atoms with van der Waals surface area (Å²) in [7, 11) is 1.61. The van der Waals surface area contributed by atoms with Crippen LogP contribution in [-0.4, -0.2) is 41.2 Å². The Hall–Kier alpha value is -3.41. The molecule has 0 amide bonds. The zero-order valence-corrected chi connectivity index (χ0v) is 23.3. The molecule has 1 aliphatic rings. The summed E-state index contributed by atoms with van der Waals surface area (Å²) < 4.78 is 7.33. The third kappa shape index (κ3) is 6.97. The molecule has 0 bridgehead atoms. The Labute approximate surface area is 235 Å². The Morgan fingerprint density at radius 2 is 1.72 bits per heavy atom. The molecule has 6 heteroatoms. The predicted molar refractivity (Wildman–Crippen MR) is 161 cm³/mol. The van der Waals surface area contributed by atoms with Crippen molar-refractivity contribution in [2.45, 2.75) is 38.6 Å². The first-order valence-electron chi connectivity index (χ1n) is 13.9. The maximum Gasteiger partial charge on any atom is 0.261 e. The number of hydrogen-bond acceptors (Lipinski definition) is 4. The predicted octanol–water partition coefficient (Wildman–Crippen LogP) is 6.96. The lowest BCUT2D eigenvalue weighted by Crippen LogP contribution is -2.35. The number of halogens is 1. The molecule has 0 N–H and O–H groups in total. The average molecular weight is 542 g/mol. The van der Waals surface area contributed by atoms with Gasteiger partial charge < -0.3 is 9.64 Å². The molecular weight excluding hydrogens is 506 g/mol. The van der Waals surface area contributed by atoms with E-state index in [1.165, 1.54) is 18.4 Å². The van der Waals surface area contributed by atoms with Gasteiger partial charge in [0.15, 0.2) is 0 Å². The lowest BCUT2D eigenvalue weighted by Gasteiger charge is -2.32. The Kier molecular flexibility index (Phi) is 9.12. The number of ether oxygens (including phenoxy) is 1. The molecule has 1 aromatic heterocycles. The number of rotatable bonds is 10. The molecule has 4 aromatic rings. The van der Waals surface area contributed by atoms with Crippen LogP contribution in [0.3, 0.4) is 0 Å². The highest BCUT2D eigenvalue weighted by Gasteiger charge is 2.19. The van der Waals surface area contributed by atoms with E-state index in [9.17, 15) is 4.79 Å². The van der Waals surface area contributed by atoms with Crippen LogP contribution in [0.15, 0.2) is 77.6 Å². The van der Waals surface area contributed by atoms with Crippen molar-refractivity contribution in [2.75, 3.05) is 26.7 Å². The Morgan fingerprint density at radius 3 is 2.46 bits per heavy atom. The lowest BCUT2D eigenvalue weighted by atomic mass is 9.92. The van der Waals surface area contributed by atoms with Gasteiger partial charge in [0, 0.05) is 18.1 Å². The van der Waals surface area contributed by atoms with Gasteiger partial charge in [-0.2, -0.15) is 0 Å². The summed E-state index contributed by atoms with van der Waals surface area (Å²) in [6, 6.07) is 23.9. The van der Waals surface area contributed by atoms with Gasteiger partial charge in [-0.15, -0.1) is 0 Å². The molecule has 1 saturated heterocycles. The quantitative estimate of drug-likeness (QED) is 0.218. The first-order chi connectivity index (χ1) is 19.1. The van der Waals surface area contributed by atoms with Crippen molar-refractivity contribution < 1.29 is 4.74 Å². The molecule has 1 aliphatic heterocycles. The minimum absolute atomic E-state index is 0.0228. The van der Waals surface area contributed by atoms with Crippen LogP contribution in [-0.2, 0) is 13.0 Å². The van der Waals surface area contributed by atoms with E-state index in [1.807, 2.05) is 59.2 Å². The van der Waals surface area contributed by atoms with E-state index >= 15 is 0 Å². The fraction of sp³-hybridized carbons (Fsp3) is 0.333. The topological polar surface area (TPSA) is 47.4 Å². The molecule has 0 radical (unpaired) electrons. The molecule has 0 atom stereocenters. The third-order valence-electron chi connectivity index (χ3n) is 7.75. The van der Waals surface area contributed by atoms with E-state index < -0.39 is 0 Å². The second-order valence-corrected chi connectivity index (χ2v) is 10.8. The van der Waals surface area contributed by atoms with Crippen molar-refractivity contribution in [1.82, 2.24) is 14.5 Å². The molecular formula is C33H36ClN3O2. The van der Waals surface area contributed by atoms with Crippen molar-refractivity contribution in [1.29, 1.82) is 0 Å². The van der Waals surface area contributed by atoms with Crippen LogP contribution in [0.5, 0.6) is 5.75 Å². The second kappa shape index (κ2) is 13.1. The highest BCUT2D eigenvalue weighted by molar-refractivity contribution is 6.30. The number of nitrogens with zero attached hydrogens (tertiary/aromatic N) is 3. The summed E-state index contributed by atoms with van der Waals surface area (Å²) in [4.78, 5) is 21.1. The summed E-state index contributed by atoms with van der Waals surface area (Å²) in [6.07, 6.45) is 9.52. The van der Waals surface area contributed by atoms with Crippen LogP contribution >= 0.6 is 11.6 Å². The largest absolute Gasteiger partial charge is 0.494 e. The second-order valence-electron chi connectivity index (χ2n) is 10.3. The van der Waals surface area contributed by atoms with Gasteiger partial charge in [0.2, 0.25) is 0 Å². The standard InChI is InChI=1S/C33H36ClN3O2/c1-39-30-11-5-10-29-32(30)35-31(17-14-27-12-15-28(34)16-13-27)37(33(29)38)21-6-9-26-19-23-36(24-20-26)22-18-25-7-3-2-4-8-25/h2-5,7-8,10-17,26H,6,9,18-24H2,1H3. The van der Waals surface area contributed by atoms with Crippen LogP contribution in [0.1, 0.15) is 42.6 Å². The number of para-hydroxylation sites is 1. The highest BCUT2D eigenvalue weighted by Crippen LogP contribution is 2.25. The van der Waals surface area contributed by atoms with Gasteiger partial charge in [-0.3, -0.25) is 9.36 Å². The molecule has 0 aliphatic carbocycles. The van der Waals surface area contributed by atoms with Gasteiger partial charge in [-0.25, -0.2) is 4.98 Å². The number of aromatic nitrogens is 2. The molecule has 0 saturated carbocycles. The van der Waals surface area contributed by atoms with E-state index in [0.717, 1.165) is 44.5 Å². The van der Waals surface area contributed by atoms with Crippen molar-refractivity contribution in [3.63, 3.8) is 0 Å². The lowest BCUT2D eigenvalue weighted by molar-refractivity contribution is 0.178. The Bertz CT molecular complexity index is 1460. The normalized spacial score (nSPS) is 14.8. The molecule has 3 aromatic carbocycles. The van der Waals surface area contributed by atoms with E-state index in [1.54, 1.807) is 7.11 Å². The molecule has 0 unspecified atom stereocenters. The van der Waals surface area contributed by atoms with Crippen LogP contribution < -0.4 is 10.3 Å². The van der Waals surface area contributed by atoms with Gasteiger partial charge in [0.05, 0.1) is 12.5 Å². The van der Waals surface area contributed by atoms with Gasteiger partial charge in [-0.05, 0) is 92.6 Å². The minimum Gasteiger partial charge on any atom is -0.494 e. The van der Waals surface area contributed by atoms with Crippen molar-refractivity contribution in [3.05, 3.63) is 105 Å². The number of methoxy groups -OCH3 is 1. The maximum absolute atomic E-state index is 13.6. The first kappa shape index (κ1) is 27.2. The summed E-state index contributed by atoms with van der Waals surface area (Å²) in [5, 5.41) is 1.28. The molecule has 1 fully saturated rings. The summed E-state index contributed by atoms with van der Waals surface area (Å²) >= 11 is 6.05. The van der Waals surface area contributed by atoms with E-state index in [0.29, 0.717) is 40.0 Å². The van der Waals surface area contributed by atoms with Crippen LogP contribution in [0.25, 0.3) is 23.1 Å². The SMILES string of the molecule is COc1cccc2c(=O)n(CCCC3CCN(CCc4ccccc4)CC3)c(C=Cc3ccc(Cl)cc3)nc12.